The molecule has 9 heteroatoms. The number of rotatable bonds is 6. The first kappa shape index (κ1) is 19.2. The van der Waals surface area contributed by atoms with Gasteiger partial charge in [0.05, 0.1) is 24.8 Å². The molecule has 0 radical (unpaired) electrons. The zero-order valence-corrected chi connectivity index (χ0v) is 17.6. The molecule has 0 spiro atoms. The molecule has 0 fully saturated rings. The summed E-state index contributed by atoms with van der Waals surface area (Å²) in [5.41, 5.74) is 2.44. The summed E-state index contributed by atoms with van der Waals surface area (Å²) in [5, 5.41) is 12.0. The molecule has 0 saturated heterocycles. The first-order valence-electron chi connectivity index (χ1n) is 8.66. The number of hydrogen-bond donors (Lipinski definition) is 1. The number of thiophene rings is 1. The van der Waals surface area contributed by atoms with E-state index in [2.05, 4.69) is 10.4 Å². The van der Waals surface area contributed by atoms with Crippen LogP contribution >= 0.6 is 22.7 Å². The smallest absolute Gasteiger partial charge is 0.266 e. The third-order valence-electron chi connectivity index (χ3n) is 4.27. The first-order valence-corrected chi connectivity index (χ1v) is 10.4. The van der Waals surface area contributed by atoms with Crippen molar-refractivity contribution in [3.63, 3.8) is 0 Å². The lowest BCUT2D eigenvalue weighted by Gasteiger charge is -2.08. The van der Waals surface area contributed by atoms with Crippen LogP contribution in [-0.4, -0.2) is 34.9 Å². The highest BCUT2D eigenvalue weighted by Crippen LogP contribution is 2.34. The number of hydrogen-bond acceptors (Lipinski definition) is 7. The van der Waals surface area contributed by atoms with E-state index < -0.39 is 0 Å². The minimum absolute atomic E-state index is 0.153. The van der Waals surface area contributed by atoms with Crippen molar-refractivity contribution in [2.45, 2.75) is 0 Å². The number of nitrogens with zero attached hydrogens (tertiary/aromatic N) is 3. The molecule has 4 aromatic rings. The van der Waals surface area contributed by atoms with Crippen molar-refractivity contribution in [3.8, 4) is 33.5 Å². The van der Waals surface area contributed by atoms with Crippen LogP contribution in [0.5, 0.6) is 11.5 Å². The van der Waals surface area contributed by atoms with E-state index in [-0.39, 0.29) is 5.91 Å². The molecule has 0 saturated carbocycles. The standard InChI is InChI=1S/C20H18N4O3S2/c1-24-18(22-19(25)17-5-4-8-28-17)10-13(23-24)20-21-14(11-29-20)12-6-7-15(26-2)16(9-12)27-3/h4-11H,1-3H3,(H,22,25). The largest absolute Gasteiger partial charge is 0.493 e. The number of amides is 1. The second kappa shape index (κ2) is 8.06. The highest BCUT2D eigenvalue weighted by molar-refractivity contribution is 7.13. The van der Waals surface area contributed by atoms with E-state index in [0.717, 1.165) is 16.3 Å². The molecule has 29 heavy (non-hydrogen) atoms. The fraction of sp³-hybridized carbons (Fsp3) is 0.150. The Bertz CT molecular complexity index is 1150. The number of ether oxygens (including phenoxy) is 2. The third-order valence-corrected chi connectivity index (χ3v) is 6.00. The number of thiazole rings is 1. The summed E-state index contributed by atoms with van der Waals surface area (Å²) in [7, 11) is 5.00. The molecule has 1 aromatic carbocycles. The highest BCUT2D eigenvalue weighted by atomic mass is 32.1. The summed E-state index contributed by atoms with van der Waals surface area (Å²) in [6, 6.07) is 11.1. The molecule has 3 aromatic heterocycles. The summed E-state index contributed by atoms with van der Waals surface area (Å²) < 4.78 is 12.3. The predicted molar refractivity (Wildman–Crippen MR) is 115 cm³/mol. The first-order chi connectivity index (χ1) is 14.1. The Morgan fingerprint density at radius 3 is 2.62 bits per heavy atom. The molecule has 0 unspecified atom stereocenters. The molecule has 0 aliphatic heterocycles. The van der Waals surface area contributed by atoms with E-state index in [1.807, 2.05) is 41.1 Å². The molecule has 0 aliphatic rings. The van der Waals surface area contributed by atoms with Crippen molar-refractivity contribution in [2.24, 2.45) is 7.05 Å². The van der Waals surface area contributed by atoms with Crippen LogP contribution in [0.2, 0.25) is 0 Å². The normalized spacial score (nSPS) is 10.7. The molecule has 0 bridgehead atoms. The van der Waals surface area contributed by atoms with Gasteiger partial charge in [0.15, 0.2) is 11.5 Å². The number of anilines is 1. The van der Waals surface area contributed by atoms with E-state index in [0.29, 0.717) is 27.9 Å². The van der Waals surface area contributed by atoms with Crippen molar-refractivity contribution >= 4 is 34.4 Å². The summed E-state index contributed by atoms with van der Waals surface area (Å²) in [5.74, 6) is 1.78. The fourth-order valence-corrected chi connectivity index (χ4v) is 4.20. The van der Waals surface area contributed by atoms with Gasteiger partial charge in [-0.25, -0.2) is 4.98 Å². The molecule has 7 nitrogen and oxygen atoms in total. The maximum atomic E-state index is 12.3. The summed E-state index contributed by atoms with van der Waals surface area (Å²) >= 11 is 2.88. The van der Waals surface area contributed by atoms with Crippen LogP contribution in [0.4, 0.5) is 5.82 Å². The number of methoxy groups -OCH3 is 2. The van der Waals surface area contributed by atoms with Crippen LogP contribution in [0.15, 0.2) is 47.2 Å². The Hall–Kier alpha value is -3.17. The summed E-state index contributed by atoms with van der Waals surface area (Å²) in [4.78, 5) is 17.6. The molecule has 0 aliphatic carbocycles. The zero-order valence-electron chi connectivity index (χ0n) is 16.0. The number of carbonyl (C=O) groups is 1. The molecular formula is C20H18N4O3S2. The van der Waals surface area contributed by atoms with Crippen LogP contribution in [0, 0.1) is 0 Å². The Balaban J connectivity index is 1.58. The Morgan fingerprint density at radius 1 is 1.07 bits per heavy atom. The second-order valence-corrected chi connectivity index (χ2v) is 7.88. The van der Waals surface area contributed by atoms with E-state index in [4.69, 9.17) is 14.5 Å². The van der Waals surface area contributed by atoms with E-state index in [1.54, 1.807) is 32.0 Å². The molecule has 148 valence electrons. The van der Waals surface area contributed by atoms with Crippen molar-refractivity contribution in [2.75, 3.05) is 19.5 Å². The number of benzene rings is 1. The van der Waals surface area contributed by atoms with Gasteiger partial charge in [-0.1, -0.05) is 6.07 Å². The number of carbonyl (C=O) groups excluding carboxylic acids is 1. The second-order valence-electron chi connectivity index (χ2n) is 6.08. The van der Waals surface area contributed by atoms with Crippen molar-refractivity contribution < 1.29 is 14.3 Å². The van der Waals surface area contributed by atoms with Crippen LogP contribution in [-0.2, 0) is 7.05 Å². The zero-order chi connectivity index (χ0) is 20.4. The lowest BCUT2D eigenvalue weighted by Crippen LogP contribution is -2.12. The van der Waals surface area contributed by atoms with Gasteiger partial charge < -0.3 is 14.8 Å². The van der Waals surface area contributed by atoms with Crippen molar-refractivity contribution in [1.29, 1.82) is 0 Å². The van der Waals surface area contributed by atoms with Gasteiger partial charge in [0.2, 0.25) is 0 Å². The minimum Gasteiger partial charge on any atom is -0.493 e. The van der Waals surface area contributed by atoms with Crippen molar-refractivity contribution in [3.05, 3.63) is 52.0 Å². The van der Waals surface area contributed by atoms with Gasteiger partial charge in [-0.15, -0.1) is 22.7 Å². The van der Waals surface area contributed by atoms with Gasteiger partial charge in [0.25, 0.3) is 5.91 Å². The van der Waals surface area contributed by atoms with E-state index >= 15 is 0 Å². The Morgan fingerprint density at radius 2 is 1.90 bits per heavy atom. The van der Waals surface area contributed by atoms with Crippen LogP contribution < -0.4 is 14.8 Å². The third kappa shape index (κ3) is 3.87. The summed E-state index contributed by atoms with van der Waals surface area (Å²) in [6.45, 7) is 0. The Labute approximate surface area is 175 Å². The average molecular weight is 427 g/mol. The van der Waals surface area contributed by atoms with Gasteiger partial charge in [-0.3, -0.25) is 9.48 Å². The molecular weight excluding hydrogens is 408 g/mol. The number of aryl methyl sites for hydroxylation is 1. The number of nitrogens with one attached hydrogen (secondary N) is 1. The van der Waals surface area contributed by atoms with Crippen molar-refractivity contribution in [1.82, 2.24) is 14.8 Å². The molecule has 0 atom stereocenters. The van der Waals surface area contributed by atoms with Gasteiger partial charge in [0.1, 0.15) is 16.5 Å². The maximum absolute atomic E-state index is 12.3. The Kier molecular flexibility index (Phi) is 5.32. The quantitative estimate of drug-likeness (QED) is 0.490. The lowest BCUT2D eigenvalue weighted by atomic mass is 10.1. The SMILES string of the molecule is COc1ccc(-c2csc(-c3cc(NC(=O)c4cccs4)n(C)n3)n2)cc1OC. The summed E-state index contributed by atoms with van der Waals surface area (Å²) in [6.07, 6.45) is 0. The molecule has 1 amide bonds. The molecule has 4 rings (SSSR count). The fourth-order valence-electron chi connectivity index (χ4n) is 2.79. The lowest BCUT2D eigenvalue weighted by molar-refractivity contribution is 0.102. The monoisotopic (exact) mass is 426 g/mol. The van der Waals surface area contributed by atoms with E-state index in [9.17, 15) is 4.79 Å². The maximum Gasteiger partial charge on any atom is 0.266 e. The van der Waals surface area contributed by atoms with Gasteiger partial charge in [-0.05, 0) is 29.6 Å². The molecule has 1 N–H and O–H groups in total. The molecule has 3 heterocycles. The highest BCUT2D eigenvalue weighted by Gasteiger charge is 2.15. The minimum atomic E-state index is -0.153. The topological polar surface area (TPSA) is 78.3 Å². The predicted octanol–water partition coefficient (Wildman–Crippen LogP) is 4.54. The average Bonchev–Trinajstić information content (AvgIpc) is 3.49. The van der Waals surface area contributed by atoms with E-state index in [1.165, 1.54) is 22.7 Å². The van der Waals surface area contributed by atoms with Gasteiger partial charge in [0, 0.05) is 24.1 Å². The number of aromatic nitrogens is 3. The van der Waals surface area contributed by atoms with Crippen LogP contribution in [0.3, 0.4) is 0 Å². The van der Waals surface area contributed by atoms with Crippen LogP contribution in [0.1, 0.15) is 9.67 Å². The van der Waals surface area contributed by atoms with Crippen LogP contribution in [0.25, 0.3) is 22.0 Å². The van der Waals surface area contributed by atoms with Gasteiger partial charge >= 0.3 is 0 Å². The van der Waals surface area contributed by atoms with Gasteiger partial charge in [-0.2, -0.15) is 5.10 Å².